The van der Waals surface area contributed by atoms with Crippen molar-refractivity contribution in [3.05, 3.63) is 29.6 Å². The summed E-state index contributed by atoms with van der Waals surface area (Å²) in [6, 6.07) is 4.91. The predicted molar refractivity (Wildman–Crippen MR) is 49.0 cm³/mol. The molecule has 0 spiro atoms. The van der Waals surface area contributed by atoms with E-state index in [1.54, 1.807) is 6.07 Å². The average molecular weight is 197 g/mol. The van der Waals surface area contributed by atoms with Crippen molar-refractivity contribution < 1.29 is 9.18 Å². The summed E-state index contributed by atoms with van der Waals surface area (Å²) in [6.07, 6.45) is 0. The Morgan fingerprint density at radius 1 is 1.46 bits per heavy atom. The van der Waals surface area contributed by atoms with Crippen molar-refractivity contribution in [3.8, 4) is 0 Å². The van der Waals surface area contributed by atoms with Gasteiger partial charge in [-0.2, -0.15) is 0 Å². The molecule has 1 heterocycles. The molecule has 1 aliphatic heterocycles. The molecule has 0 atom stereocenters. The molecular weight excluding hydrogens is 189 g/mol. The summed E-state index contributed by atoms with van der Waals surface area (Å²) < 4.78 is 13.2. The fourth-order valence-electron chi connectivity index (χ4n) is 1.23. The number of carbonyl (C=O) groups excluding carboxylic acids is 1. The third-order valence-corrected chi connectivity index (χ3v) is 3.00. The zero-order valence-corrected chi connectivity index (χ0v) is 7.66. The van der Waals surface area contributed by atoms with E-state index >= 15 is 0 Å². The normalized spacial score (nSPS) is 15.9. The van der Waals surface area contributed by atoms with Crippen molar-refractivity contribution in [2.24, 2.45) is 0 Å². The molecule has 0 radical (unpaired) electrons. The number of carbonyl (C=O) groups is 1. The Kier molecular flexibility index (Phi) is 2.22. The monoisotopic (exact) mass is 197 g/mol. The van der Waals surface area contributed by atoms with Crippen LogP contribution < -0.4 is 5.32 Å². The second-order valence-corrected chi connectivity index (χ2v) is 3.80. The smallest absolute Gasteiger partial charge is 0.230 e. The maximum Gasteiger partial charge on any atom is 0.230 e. The van der Waals surface area contributed by atoms with Crippen molar-refractivity contribution in [1.82, 2.24) is 5.32 Å². The van der Waals surface area contributed by atoms with Gasteiger partial charge in [-0.1, -0.05) is 6.07 Å². The van der Waals surface area contributed by atoms with E-state index in [1.165, 1.54) is 17.8 Å². The van der Waals surface area contributed by atoms with Gasteiger partial charge < -0.3 is 5.32 Å². The Balaban J connectivity index is 2.40. The first-order valence-electron chi connectivity index (χ1n) is 3.94. The quantitative estimate of drug-likeness (QED) is 0.683. The van der Waals surface area contributed by atoms with Crippen molar-refractivity contribution in [2.45, 2.75) is 11.4 Å². The van der Waals surface area contributed by atoms with Gasteiger partial charge >= 0.3 is 0 Å². The standard InChI is InChI=1S/C9H8FNOS/c10-7-2-1-3-8-6(7)4-11-9(12)5-13-8/h1-3H,4-5H2,(H,11,12). The number of rotatable bonds is 0. The summed E-state index contributed by atoms with van der Waals surface area (Å²) in [4.78, 5) is 11.9. The van der Waals surface area contributed by atoms with E-state index < -0.39 is 0 Å². The predicted octanol–water partition coefficient (Wildman–Crippen LogP) is 1.55. The van der Waals surface area contributed by atoms with Crippen LogP contribution in [0, 0.1) is 5.82 Å². The first-order valence-corrected chi connectivity index (χ1v) is 4.93. The van der Waals surface area contributed by atoms with Crippen LogP contribution in [-0.4, -0.2) is 11.7 Å². The van der Waals surface area contributed by atoms with E-state index in [-0.39, 0.29) is 11.7 Å². The summed E-state index contributed by atoms with van der Waals surface area (Å²) >= 11 is 1.38. The molecule has 13 heavy (non-hydrogen) atoms. The van der Waals surface area contributed by atoms with Crippen molar-refractivity contribution in [1.29, 1.82) is 0 Å². The highest BCUT2D eigenvalue weighted by molar-refractivity contribution is 8.00. The molecule has 1 N–H and O–H groups in total. The lowest BCUT2D eigenvalue weighted by atomic mass is 10.2. The molecule has 0 saturated heterocycles. The average Bonchev–Trinajstić information content (AvgIpc) is 2.30. The third-order valence-electron chi connectivity index (χ3n) is 1.90. The number of halogens is 1. The number of hydrogen-bond acceptors (Lipinski definition) is 2. The molecule has 4 heteroatoms. The van der Waals surface area contributed by atoms with Crippen molar-refractivity contribution in [3.63, 3.8) is 0 Å². The number of amides is 1. The molecular formula is C9H8FNOS. The lowest BCUT2D eigenvalue weighted by Crippen LogP contribution is -2.22. The first-order chi connectivity index (χ1) is 6.27. The Morgan fingerprint density at radius 3 is 3.15 bits per heavy atom. The van der Waals surface area contributed by atoms with E-state index in [4.69, 9.17) is 0 Å². The number of fused-ring (bicyclic) bond motifs is 1. The Morgan fingerprint density at radius 2 is 2.31 bits per heavy atom. The van der Waals surface area contributed by atoms with Crippen LogP contribution in [0.5, 0.6) is 0 Å². The lowest BCUT2D eigenvalue weighted by molar-refractivity contribution is -0.118. The van der Waals surface area contributed by atoms with Gasteiger partial charge in [0.25, 0.3) is 0 Å². The molecule has 1 aliphatic rings. The van der Waals surface area contributed by atoms with Crippen LogP contribution in [0.4, 0.5) is 4.39 Å². The summed E-state index contributed by atoms with van der Waals surface area (Å²) in [5, 5.41) is 2.64. The Labute approximate surface area is 79.5 Å². The minimum Gasteiger partial charge on any atom is -0.351 e. The van der Waals surface area contributed by atoms with Crippen LogP contribution in [0.15, 0.2) is 23.1 Å². The maximum atomic E-state index is 13.2. The van der Waals surface area contributed by atoms with Crippen LogP contribution in [-0.2, 0) is 11.3 Å². The fourth-order valence-corrected chi connectivity index (χ4v) is 2.13. The molecule has 1 aromatic rings. The number of thioether (sulfide) groups is 1. The molecule has 0 aromatic heterocycles. The lowest BCUT2D eigenvalue weighted by Gasteiger charge is -2.04. The van der Waals surface area contributed by atoms with Crippen molar-refractivity contribution >= 4 is 17.7 Å². The number of hydrogen-bond donors (Lipinski definition) is 1. The SMILES string of the molecule is O=C1CSc2cccc(F)c2CN1. The molecule has 0 saturated carbocycles. The molecule has 68 valence electrons. The van der Waals surface area contributed by atoms with E-state index in [9.17, 15) is 9.18 Å². The highest BCUT2D eigenvalue weighted by Gasteiger charge is 2.15. The zero-order chi connectivity index (χ0) is 9.26. The van der Waals surface area contributed by atoms with Gasteiger partial charge in [0, 0.05) is 17.0 Å². The summed E-state index contributed by atoms with van der Waals surface area (Å²) in [5.74, 6) is 0.0870. The van der Waals surface area contributed by atoms with Gasteiger partial charge in [-0.05, 0) is 12.1 Å². The van der Waals surface area contributed by atoms with Crippen LogP contribution in [0.3, 0.4) is 0 Å². The number of nitrogens with one attached hydrogen (secondary N) is 1. The minimum absolute atomic E-state index is 0.0411. The second kappa shape index (κ2) is 3.38. The highest BCUT2D eigenvalue weighted by atomic mass is 32.2. The fraction of sp³-hybridized carbons (Fsp3) is 0.222. The summed E-state index contributed by atoms with van der Waals surface area (Å²) in [5.41, 5.74) is 0.596. The molecule has 2 nitrogen and oxygen atoms in total. The van der Waals surface area contributed by atoms with Gasteiger partial charge in [0.1, 0.15) is 5.82 Å². The highest BCUT2D eigenvalue weighted by Crippen LogP contribution is 2.26. The summed E-state index contributed by atoms with van der Waals surface area (Å²) in [7, 11) is 0. The Hall–Kier alpha value is -1.03. The van der Waals surface area contributed by atoms with Gasteiger partial charge in [0.05, 0.1) is 5.75 Å². The van der Waals surface area contributed by atoms with E-state index in [1.807, 2.05) is 6.07 Å². The van der Waals surface area contributed by atoms with Crippen LogP contribution in [0.2, 0.25) is 0 Å². The molecule has 1 aromatic carbocycles. The second-order valence-electron chi connectivity index (χ2n) is 2.78. The Bertz CT molecular complexity index is 353. The van der Waals surface area contributed by atoms with Crippen molar-refractivity contribution in [2.75, 3.05) is 5.75 Å². The number of benzene rings is 1. The summed E-state index contributed by atoms with van der Waals surface area (Å²) in [6.45, 7) is 0.299. The molecule has 2 rings (SSSR count). The van der Waals surface area contributed by atoms with E-state index in [0.29, 0.717) is 17.9 Å². The molecule has 0 aliphatic carbocycles. The van der Waals surface area contributed by atoms with E-state index in [2.05, 4.69) is 5.32 Å². The van der Waals surface area contributed by atoms with Gasteiger partial charge in [-0.15, -0.1) is 11.8 Å². The minimum atomic E-state index is -0.243. The van der Waals surface area contributed by atoms with Gasteiger partial charge in [-0.3, -0.25) is 4.79 Å². The van der Waals surface area contributed by atoms with E-state index in [0.717, 1.165) is 4.90 Å². The zero-order valence-electron chi connectivity index (χ0n) is 6.84. The molecule has 0 unspecified atom stereocenters. The topological polar surface area (TPSA) is 29.1 Å². The third kappa shape index (κ3) is 1.67. The molecule has 0 bridgehead atoms. The van der Waals surface area contributed by atoms with Crippen LogP contribution in [0.25, 0.3) is 0 Å². The first kappa shape index (κ1) is 8.56. The van der Waals surface area contributed by atoms with Gasteiger partial charge in [-0.25, -0.2) is 4.39 Å². The van der Waals surface area contributed by atoms with Crippen LogP contribution >= 0.6 is 11.8 Å². The van der Waals surface area contributed by atoms with Gasteiger partial charge in [0.2, 0.25) is 5.91 Å². The largest absolute Gasteiger partial charge is 0.351 e. The van der Waals surface area contributed by atoms with Crippen LogP contribution in [0.1, 0.15) is 5.56 Å². The maximum absolute atomic E-state index is 13.2. The molecule has 1 amide bonds. The van der Waals surface area contributed by atoms with Gasteiger partial charge in [0.15, 0.2) is 0 Å². The molecule has 0 fully saturated rings.